The predicted molar refractivity (Wildman–Crippen MR) is 96.8 cm³/mol. The van der Waals surface area contributed by atoms with Crippen molar-refractivity contribution >= 4 is 5.97 Å². The zero-order valence-electron chi connectivity index (χ0n) is 15.5. The fourth-order valence-corrected chi connectivity index (χ4v) is 4.03. The first-order valence-corrected chi connectivity index (χ1v) is 8.54. The van der Waals surface area contributed by atoms with E-state index in [4.69, 9.17) is 4.74 Å². The predicted octanol–water partition coefficient (Wildman–Crippen LogP) is 4.80. The molecule has 3 atom stereocenters. The first-order chi connectivity index (χ1) is 11.0. The van der Waals surface area contributed by atoms with Gasteiger partial charge in [-0.05, 0) is 47.1 Å². The summed E-state index contributed by atoms with van der Waals surface area (Å²) < 4.78 is 5.61. The van der Waals surface area contributed by atoms with Gasteiger partial charge in [0.1, 0.15) is 5.75 Å². The third-order valence-electron chi connectivity index (χ3n) is 5.64. The molecule has 1 saturated carbocycles. The van der Waals surface area contributed by atoms with Crippen molar-refractivity contribution in [2.75, 3.05) is 0 Å². The average Bonchev–Trinajstić information content (AvgIpc) is 2.45. The lowest BCUT2D eigenvalue weighted by Crippen LogP contribution is -2.65. The van der Waals surface area contributed by atoms with Crippen LogP contribution in [0, 0.1) is 35.5 Å². The van der Waals surface area contributed by atoms with Gasteiger partial charge in [0.2, 0.25) is 0 Å². The molecule has 1 aromatic rings. The first-order valence-electron chi connectivity index (χ1n) is 8.54. The normalized spacial score (nSPS) is 30.9. The van der Waals surface area contributed by atoms with Gasteiger partial charge in [-0.15, -0.1) is 0 Å². The van der Waals surface area contributed by atoms with E-state index in [-0.39, 0.29) is 22.7 Å². The van der Waals surface area contributed by atoms with Crippen LogP contribution in [0.2, 0.25) is 0 Å². The Balaban J connectivity index is 2.33. The molecule has 2 nitrogen and oxygen atoms in total. The van der Waals surface area contributed by atoms with E-state index >= 15 is 0 Å². The second kappa shape index (κ2) is 4.99. The molecule has 24 heavy (non-hydrogen) atoms. The molecule has 0 amide bonds. The average molecular weight is 322 g/mol. The lowest BCUT2D eigenvalue weighted by atomic mass is 9.40. The lowest BCUT2D eigenvalue weighted by molar-refractivity contribution is -0.155. The number of ether oxygens (including phenoxy) is 1. The fraction of sp³-hybridized carbons (Fsp3) is 0.500. The Morgan fingerprint density at radius 3 is 2.62 bits per heavy atom. The molecule has 2 aliphatic rings. The number of hydrogen-bond donors (Lipinski definition) is 0. The highest BCUT2D eigenvalue weighted by molar-refractivity contribution is 5.85. The second-order valence-corrected chi connectivity index (χ2v) is 8.60. The molecule has 0 spiro atoms. The molecule has 0 saturated heterocycles. The van der Waals surface area contributed by atoms with E-state index in [0.29, 0.717) is 5.75 Å². The number of carbonyl (C=O) groups is 1. The van der Waals surface area contributed by atoms with Crippen LogP contribution in [-0.2, 0) is 10.2 Å². The molecule has 2 heteroatoms. The highest BCUT2D eigenvalue weighted by atomic mass is 16.5. The summed E-state index contributed by atoms with van der Waals surface area (Å²) in [5, 5.41) is 0. The molecule has 1 aliphatic carbocycles. The molecule has 0 radical (unpaired) electrons. The summed E-state index contributed by atoms with van der Waals surface area (Å²) in [5.41, 5.74) is 2.37. The van der Waals surface area contributed by atoms with Gasteiger partial charge in [-0.25, -0.2) is 0 Å². The Morgan fingerprint density at radius 2 is 2.04 bits per heavy atom. The zero-order chi connectivity index (χ0) is 17.9. The maximum absolute atomic E-state index is 12.6. The van der Waals surface area contributed by atoms with Crippen LogP contribution in [0.25, 0.3) is 0 Å². The maximum Gasteiger partial charge on any atom is 0.316 e. The molecule has 3 rings (SSSR count). The standard InChI is InChI=1S/C22H26O2/c1-14(2)21(7)13-17-19(23)24-18-9-8-15(3)12-16(18)22(17,21)11-10-20(4,5)6/h8-9,12,17H,1,13H2,2-7H3/t17-,21+,22+/m1/s1. The third-order valence-corrected chi connectivity index (χ3v) is 5.64. The quantitative estimate of drug-likeness (QED) is 0.321. The van der Waals surface area contributed by atoms with Crippen molar-refractivity contribution < 1.29 is 9.53 Å². The highest BCUT2D eigenvalue weighted by Gasteiger charge is 2.69. The minimum absolute atomic E-state index is 0.129. The van der Waals surface area contributed by atoms with Gasteiger partial charge in [-0.2, -0.15) is 0 Å². The van der Waals surface area contributed by atoms with E-state index in [2.05, 4.69) is 59.1 Å². The van der Waals surface area contributed by atoms with Crippen molar-refractivity contribution in [1.29, 1.82) is 0 Å². The Hall–Kier alpha value is -2.01. The van der Waals surface area contributed by atoms with E-state index in [1.54, 1.807) is 0 Å². The fourth-order valence-electron chi connectivity index (χ4n) is 4.03. The number of benzene rings is 1. The largest absolute Gasteiger partial charge is 0.426 e. The zero-order valence-corrected chi connectivity index (χ0v) is 15.5. The molecule has 1 aromatic carbocycles. The molecule has 0 unspecified atom stereocenters. The van der Waals surface area contributed by atoms with Crippen LogP contribution in [0.1, 0.15) is 52.2 Å². The SMILES string of the molecule is C=C(C)[C@]1(C)C[C@@H]2C(=O)Oc3ccc(C)cc3[C@@]21C#CC(C)(C)C. The number of aryl methyl sites for hydroxylation is 1. The second-order valence-electron chi connectivity index (χ2n) is 8.60. The molecule has 0 N–H and O–H groups in total. The Kier molecular flexibility index (Phi) is 3.50. The highest BCUT2D eigenvalue weighted by Crippen LogP contribution is 2.67. The molecule has 1 heterocycles. The number of carbonyl (C=O) groups excluding carboxylic acids is 1. The Labute approximate surface area is 145 Å². The van der Waals surface area contributed by atoms with Gasteiger partial charge in [0.25, 0.3) is 0 Å². The molecule has 0 aromatic heterocycles. The van der Waals surface area contributed by atoms with Gasteiger partial charge in [0, 0.05) is 16.4 Å². The summed E-state index contributed by atoms with van der Waals surface area (Å²) >= 11 is 0. The van der Waals surface area contributed by atoms with Crippen LogP contribution in [0.3, 0.4) is 0 Å². The van der Waals surface area contributed by atoms with E-state index in [0.717, 1.165) is 23.1 Å². The molecule has 0 bridgehead atoms. The molecule has 1 aliphatic heterocycles. The maximum atomic E-state index is 12.6. The van der Waals surface area contributed by atoms with Gasteiger partial charge in [0.15, 0.2) is 0 Å². The van der Waals surface area contributed by atoms with E-state index in [1.807, 2.05) is 19.1 Å². The minimum atomic E-state index is -0.539. The Bertz CT molecular complexity index is 799. The van der Waals surface area contributed by atoms with Crippen LogP contribution in [-0.4, -0.2) is 5.97 Å². The van der Waals surface area contributed by atoms with Crippen molar-refractivity contribution in [2.45, 2.75) is 53.4 Å². The summed E-state index contributed by atoms with van der Waals surface area (Å²) in [6, 6.07) is 6.01. The monoisotopic (exact) mass is 322 g/mol. The number of rotatable bonds is 1. The molecule has 1 fully saturated rings. The summed E-state index contributed by atoms with van der Waals surface area (Å²) in [6.45, 7) is 16.8. The van der Waals surface area contributed by atoms with Crippen molar-refractivity contribution in [1.82, 2.24) is 0 Å². The summed E-state index contributed by atoms with van der Waals surface area (Å²) in [6.07, 6.45) is 0.743. The van der Waals surface area contributed by atoms with Gasteiger partial charge in [-0.3, -0.25) is 4.79 Å². The summed E-state index contributed by atoms with van der Waals surface area (Å²) in [7, 11) is 0. The summed E-state index contributed by atoms with van der Waals surface area (Å²) in [4.78, 5) is 12.6. The van der Waals surface area contributed by atoms with Gasteiger partial charge < -0.3 is 4.74 Å². The topological polar surface area (TPSA) is 26.3 Å². The van der Waals surface area contributed by atoms with Gasteiger partial charge in [-0.1, -0.05) is 48.6 Å². The van der Waals surface area contributed by atoms with Crippen LogP contribution >= 0.6 is 0 Å². The van der Waals surface area contributed by atoms with Gasteiger partial charge >= 0.3 is 5.97 Å². The summed E-state index contributed by atoms with van der Waals surface area (Å²) in [5.74, 6) is 7.23. The van der Waals surface area contributed by atoms with Crippen molar-refractivity contribution in [3.8, 4) is 17.6 Å². The smallest absolute Gasteiger partial charge is 0.316 e. The van der Waals surface area contributed by atoms with Gasteiger partial charge in [0.05, 0.1) is 11.3 Å². The van der Waals surface area contributed by atoms with Crippen LogP contribution < -0.4 is 4.74 Å². The van der Waals surface area contributed by atoms with Crippen LogP contribution in [0.5, 0.6) is 5.75 Å². The number of esters is 1. The lowest BCUT2D eigenvalue weighted by Gasteiger charge is -2.62. The van der Waals surface area contributed by atoms with E-state index in [1.165, 1.54) is 0 Å². The third kappa shape index (κ3) is 2.14. The Morgan fingerprint density at radius 1 is 1.38 bits per heavy atom. The molecule has 126 valence electrons. The van der Waals surface area contributed by atoms with Crippen LogP contribution in [0.15, 0.2) is 30.4 Å². The molecular weight excluding hydrogens is 296 g/mol. The number of fused-ring (bicyclic) bond motifs is 3. The van der Waals surface area contributed by atoms with Crippen LogP contribution in [0.4, 0.5) is 0 Å². The minimum Gasteiger partial charge on any atom is -0.426 e. The number of allylic oxidation sites excluding steroid dienone is 1. The number of hydrogen-bond acceptors (Lipinski definition) is 2. The van der Waals surface area contributed by atoms with Crippen molar-refractivity contribution in [3.63, 3.8) is 0 Å². The molecular formula is C22H26O2. The van der Waals surface area contributed by atoms with E-state index < -0.39 is 5.41 Å². The van der Waals surface area contributed by atoms with Crippen molar-refractivity contribution in [2.24, 2.45) is 16.7 Å². The first kappa shape index (κ1) is 16.8. The van der Waals surface area contributed by atoms with Crippen molar-refractivity contribution in [3.05, 3.63) is 41.5 Å². The van der Waals surface area contributed by atoms with E-state index in [9.17, 15) is 4.79 Å².